The minimum atomic E-state index is -1.79. The predicted octanol–water partition coefficient (Wildman–Crippen LogP) is -2.19. The van der Waals surface area contributed by atoms with Gasteiger partial charge in [0.05, 0.1) is 26.1 Å². The lowest BCUT2D eigenvalue weighted by molar-refractivity contribution is -0.153. The average molecular weight is 372 g/mol. The van der Waals surface area contributed by atoms with Crippen LogP contribution < -0.4 is 0 Å². The molecule has 0 amide bonds. The van der Waals surface area contributed by atoms with Crippen LogP contribution in [0.25, 0.3) is 0 Å². The number of carbonyl (C=O) groups is 4. The van der Waals surface area contributed by atoms with Crippen molar-refractivity contribution in [3.63, 3.8) is 0 Å². The van der Waals surface area contributed by atoms with E-state index < -0.39 is 48.9 Å². The molecule has 0 aliphatic rings. The minimum absolute atomic E-state index is 0.0451. The molecule has 0 aliphatic heterocycles. The molecule has 0 aromatic rings. The van der Waals surface area contributed by atoms with E-state index in [1.807, 2.05) is 0 Å². The summed E-state index contributed by atoms with van der Waals surface area (Å²) in [7, 11) is 0. The Bertz CT molecular complexity index is 393. The molecule has 148 valence electrons. The molecule has 0 spiro atoms. The second kappa shape index (κ2) is 14.1. The van der Waals surface area contributed by atoms with Gasteiger partial charge in [-0.1, -0.05) is 13.8 Å². The third-order valence-corrected chi connectivity index (χ3v) is 2.16. The molecule has 12 heteroatoms. The van der Waals surface area contributed by atoms with Crippen molar-refractivity contribution < 1.29 is 60.0 Å². The van der Waals surface area contributed by atoms with Crippen molar-refractivity contribution in [1.29, 1.82) is 0 Å². The summed E-state index contributed by atoms with van der Waals surface area (Å²) in [6.45, 7) is 3.69. The number of aliphatic carboxylic acids is 4. The summed E-state index contributed by atoms with van der Waals surface area (Å²) in [4.78, 5) is 38.8. The molecule has 0 saturated carbocycles. The largest absolute Gasteiger partial charge is 0.481 e. The lowest BCUT2D eigenvalue weighted by atomic mass is 9.97. The molecule has 12 nitrogen and oxygen atoms in total. The van der Waals surface area contributed by atoms with Crippen molar-refractivity contribution in [1.82, 2.24) is 0 Å². The fourth-order valence-corrected chi connectivity index (χ4v) is 0.555. The molecule has 25 heavy (non-hydrogen) atoms. The van der Waals surface area contributed by atoms with E-state index in [0.717, 1.165) is 0 Å². The maximum Gasteiger partial charge on any atom is 0.333 e. The first-order valence-electron chi connectivity index (χ1n) is 6.67. The van der Waals surface area contributed by atoms with E-state index in [-0.39, 0.29) is 18.6 Å². The van der Waals surface area contributed by atoms with E-state index in [9.17, 15) is 19.2 Å². The molecule has 0 heterocycles. The summed E-state index contributed by atoms with van der Waals surface area (Å²) in [5.41, 5.74) is -0.306. The Morgan fingerprint density at radius 1 is 0.720 bits per heavy atom. The van der Waals surface area contributed by atoms with Crippen LogP contribution in [0, 0.1) is 5.41 Å². The zero-order valence-electron chi connectivity index (χ0n) is 13.7. The first kappa shape index (κ1) is 27.6. The molecule has 0 fully saturated rings. The summed E-state index contributed by atoms with van der Waals surface area (Å²) in [6, 6.07) is 0. The number of aliphatic hydroxyl groups excluding tert-OH is 4. The Balaban J connectivity index is -0.000000293. The molecular formula is C13H24O12. The highest BCUT2D eigenvalue weighted by atomic mass is 16.4. The van der Waals surface area contributed by atoms with Gasteiger partial charge in [0.15, 0.2) is 12.2 Å². The highest BCUT2D eigenvalue weighted by Gasteiger charge is 2.16. The van der Waals surface area contributed by atoms with Crippen molar-refractivity contribution in [3.05, 3.63) is 0 Å². The number of hydrogen-bond donors (Lipinski definition) is 8. The summed E-state index contributed by atoms with van der Waals surface area (Å²) >= 11 is 0. The number of aliphatic hydroxyl groups is 4. The molecule has 0 bridgehead atoms. The predicted molar refractivity (Wildman–Crippen MR) is 79.7 cm³/mol. The molecule has 2 atom stereocenters. The van der Waals surface area contributed by atoms with Crippen molar-refractivity contribution in [2.24, 2.45) is 5.41 Å². The second-order valence-corrected chi connectivity index (χ2v) is 5.38. The van der Waals surface area contributed by atoms with Crippen LogP contribution in [0.3, 0.4) is 0 Å². The molecule has 0 aromatic carbocycles. The molecule has 2 unspecified atom stereocenters. The molecule has 0 aliphatic carbocycles. The Hall–Kier alpha value is -2.28. The highest BCUT2D eigenvalue weighted by Crippen LogP contribution is 2.10. The van der Waals surface area contributed by atoms with Gasteiger partial charge in [-0.25, -0.2) is 9.59 Å². The maximum atomic E-state index is 9.72. The van der Waals surface area contributed by atoms with Gasteiger partial charge in [-0.05, 0) is 0 Å². The number of carboxylic acid groups (broad SMARTS) is 4. The monoisotopic (exact) mass is 372 g/mol. The van der Waals surface area contributed by atoms with Gasteiger partial charge in [0.25, 0.3) is 0 Å². The smallest absolute Gasteiger partial charge is 0.333 e. The highest BCUT2D eigenvalue weighted by molar-refractivity contribution is 5.79. The van der Waals surface area contributed by atoms with Gasteiger partial charge in [0.1, 0.15) is 0 Å². The lowest BCUT2D eigenvalue weighted by Gasteiger charge is -2.16. The molecule has 0 saturated heterocycles. The van der Waals surface area contributed by atoms with Gasteiger partial charge in [0, 0.05) is 5.41 Å². The van der Waals surface area contributed by atoms with Crippen LogP contribution >= 0.6 is 0 Å². The lowest BCUT2D eigenvalue weighted by Crippen LogP contribution is -2.22. The molecular weight excluding hydrogens is 348 g/mol. The third kappa shape index (κ3) is 21.7. The first-order valence-corrected chi connectivity index (χ1v) is 6.67. The van der Waals surface area contributed by atoms with Gasteiger partial charge in [-0.15, -0.1) is 0 Å². The standard InChI is InChI=1S/C5H12O2.2C4H6O5/c1-5(2,3-6)4-7;2*5-2(4(8)9)1-3(6)7/h6-7H,3-4H2,1-2H3;2*2,5H,1H2,(H,6,7)(H,8,9). The van der Waals surface area contributed by atoms with Crippen LogP contribution in [0.1, 0.15) is 26.7 Å². The second-order valence-electron chi connectivity index (χ2n) is 5.38. The maximum absolute atomic E-state index is 9.72. The Morgan fingerprint density at radius 2 is 0.960 bits per heavy atom. The van der Waals surface area contributed by atoms with E-state index in [0.29, 0.717) is 0 Å². The Labute approximate surface area is 142 Å². The van der Waals surface area contributed by atoms with E-state index in [2.05, 4.69) is 0 Å². The van der Waals surface area contributed by atoms with Crippen LogP contribution in [0.4, 0.5) is 0 Å². The number of carboxylic acids is 4. The SMILES string of the molecule is CC(C)(CO)CO.O=C(O)CC(O)C(=O)O.O=C(O)CC(O)C(=O)O. The number of hydrogen-bond acceptors (Lipinski definition) is 8. The van der Waals surface area contributed by atoms with Crippen molar-refractivity contribution in [2.75, 3.05) is 13.2 Å². The zero-order chi connectivity index (χ0) is 20.8. The summed E-state index contributed by atoms with van der Waals surface area (Å²) < 4.78 is 0. The van der Waals surface area contributed by atoms with Crippen LogP contribution in [0.5, 0.6) is 0 Å². The first-order chi connectivity index (χ1) is 11.2. The topological polar surface area (TPSA) is 230 Å². The van der Waals surface area contributed by atoms with Gasteiger partial charge in [-0.3, -0.25) is 9.59 Å². The summed E-state index contributed by atoms with van der Waals surface area (Å²) in [6.07, 6.45) is -5.09. The molecule has 8 N–H and O–H groups in total. The van der Waals surface area contributed by atoms with Gasteiger partial charge >= 0.3 is 23.9 Å². The normalized spacial score (nSPS) is 12.4. The van der Waals surface area contributed by atoms with Crippen LogP contribution in [0.2, 0.25) is 0 Å². The fraction of sp³-hybridized carbons (Fsp3) is 0.692. The van der Waals surface area contributed by atoms with Crippen LogP contribution in [-0.2, 0) is 19.2 Å². The van der Waals surface area contributed by atoms with E-state index in [1.54, 1.807) is 13.8 Å². The Kier molecular flexibility index (Phi) is 15.5. The third-order valence-electron chi connectivity index (χ3n) is 2.16. The van der Waals surface area contributed by atoms with Crippen molar-refractivity contribution in [2.45, 2.75) is 38.9 Å². The molecule has 0 radical (unpaired) electrons. The minimum Gasteiger partial charge on any atom is -0.481 e. The molecule has 0 rings (SSSR count). The van der Waals surface area contributed by atoms with Gasteiger partial charge in [0.2, 0.25) is 0 Å². The van der Waals surface area contributed by atoms with Crippen molar-refractivity contribution >= 4 is 23.9 Å². The van der Waals surface area contributed by atoms with E-state index >= 15 is 0 Å². The molecule has 0 aromatic heterocycles. The van der Waals surface area contributed by atoms with Gasteiger partial charge < -0.3 is 40.9 Å². The quantitative estimate of drug-likeness (QED) is 0.227. The van der Waals surface area contributed by atoms with Crippen LogP contribution in [-0.4, -0.2) is 90.2 Å². The van der Waals surface area contributed by atoms with E-state index in [1.165, 1.54) is 0 Å². The number of rotatable bonds is 8. The Morgan fingerprint density at radius 3 is 1.00 bits per heavy atom. The fourth-order valence-electron chi connectivity index (χ4n) is 0.555. The summed E-state index contributed by atoms with van der Waals surface area (Å²) in [5, 5.41) is 65.2. The summed E-state index contributed by atoms with van der Waals surface area (Å²) in [5.74, 6) is -5.69. The van der Waals surface area contributed by atoms with E-state index in [4.69, 9.17) is 40.9 Å². The van der Waals surface area contributed by atoms with Gasteiger partial charge in [-0.2, -0.15) is 0 Å². The zero-order valence-corrected chi connectivity index (χ0v) is 13.7. The van der Waals surface area contributed by atoms with Crippen molar-refractivity contribution in [3.8, 4) is 0 Å². The average Bonchev–Trinajstić information content (AvgIpc) is 2.47. The van der Waals surface area contributed by atoms with Crippen LogP contribution in [0.15, 0.2) is 0 Å².